The molecule has 0 atom stereocenters. The molecule has 3 aromatic rings. The van der Waals surface area contributed by atoms with Crippen LogP contribution >= 0.6 is 11.3 Å². The van der Waals surface area contributed by atoms with Crippen molar-refractivity contribution < 1.29 is 4.79 Å². The average molecular weight is 341 g/mol. The van der Waals surface area contributed by atoms with Crippen molar-refractivity contribution in [3.8, 4) is 0 Å². The fraction of sp³-hybridized carbons (Fsp3) is 0.333. The van der Waals surface area contributed by atoms with Gasteiger partial charge in [-0.25, -0.2) is 0 Å². The van der Waals surface area contributed by atoms with Crippen LogP contribution in [0.5, 0.6) is 0 Å². The Bertz CT molecular complexity index is 920. The third-order valence-electron chi connectivity index (χ3n) is 4.40. The van der Waals surface area contributed by atoms with Crippen LogP contribution in [0.25, 0.3) is 10.9 Å². The van der Waals surface area contributed by atoms with Gasteiger partial charge in [-0.05, 0) is 42.3 Å². The van der Waals surface area contributed by atoms with E-state index in [1.54, 1.807) is 17.5 Å². The lowest BCUT2D eigenvalue weighted by atomic mass is 10.3. The topological polar surface area (TPSA) is 56.0 Å². The minimum Gasteiger partial charge on any atom is -0.350 e. The summed E-state index contributed by atoms with van der Waals surface area (Å²) in [5.74, 6) is 0.549. The molecule has 5 nitrogen and oxygen atoms in total. The highest BCUT2D eigenvalue weighted by Gasteiger charge is 2.23. The number of rotatable bonds is 6. The zero-order valence-corrected chi connectivity index (χ0v) is 14.1. The number of aromatic nitrogens is 2. The van der Waals surface area contributed by atoms with Crippen molar-refractivity contribution in [1.29, 1.82) is 0 Å². The molecule has 3 heterocycles. The second-order valence-corrected chi connectivity index (χ2v) is 7.35. The number of fused-ring (bicyclic) bond motifs is 1. The van der Waals surface area contributed by atoms with Crippen LogP contribution in [0, 0.1) is 5.92 Å². The van der Waals surface area contributed by atoms with Crippen molar-refractivity contribution in [3.63, 3.8) is 0 Å². The Morgan fingerprint density at radius 2 is 2.00 bits per heavy atom. The number of thiophene rings is 1. The largest absolute Gasteiger partial charge is 0.350 e. The van der Waals surface area contributed by atoms with Gasteiger partial charge in [-0.3, -0.25) is 9.59 Å². The first kappa shape index (κ1) is 15.2. The number of hydrogen-bond acceptors (Lipinski definition) is 3. The Kier molecular flexibility index (Phi) is 3.98. The van der Waals surface area contributed by atoms with E-state index in [0.29, 0.717) is 18.0 Å². The van der Waals surface area contributed by atoms with E-state index < -0.39 is 0 Å². The zero-order valence-electron chi connectivity index (χ0n) is 13.3. The second-order valence-electron chi connectivity index (χ2n) is 6.32. The van der Waals surface area contributed by atoms with E-state index in [-0.39, 0.29) is 18.0 Å². The average Bonchev–Trinajstić information content (AvgIpc) is 3.08. The van der Waals surface area contributed by atoms with Crippen molar-refractivity contribution in [2.24, 2.45) is 5.92 Å². The Balaban J connectivity index is 1.51. The molecule has 3 aromatic heterocycles. The van der Waals surface area contributed by atoms with Gasteiger partial charge in [0.2, 0.25) is 5.91 Å². The highest BCUT2D eigenvalue weighted by atomic mass is 32.1. The van der Waals surface area contributed by atoms with E-state index in [2.05, 4.69) is 5.32 Å². The van der Waals surface area contributed by atoms with E-state index in [0.717, 1.165) is 16.8 Å². The molecule has 0 unspecified atom stereocenters. The Morgan fingerprint density at radius 3 is 2.71 bits per heavy atom. The molecule has 1 fully saturated rings. The SMILES string of the molecule is O=C(Cn1ccc2ccn(CC3CC3)c2c1=O)NCc1cccs1. The zero-order chi connectivity index (χ0) is 16.5. The lowest BCUT2D eigenvalue weighted by Crippen LogP contribution is -2.32. The molecule has 24 heavy (non-hydrogen) atoms. The molecule has 124 valence electrons. The summed E-state index contributed by atoms with van der Waals surface area (Å²) in [5.41, 5.74) is 0.611. The number of carbonyl (C=O) groups is 1. The fourth-order valence-corrected chi connectivity index (χ4v) is 3.55. The molecule has 0 radical (unpaired) electrons. The highest BCUT2D eigenvalue weighted by molar-refractivity contribution is 7.09. The predicted molar refractivity (Wildman–Crippen MR) is 95.1 cm³/mol. The number of pyridine rings is 1. The molecule has 4 rings (SSSR count). The van der Waals surface area contributed by atoms with E-state index in [1.165, 1.54) is 17.4 Å². The third kappa shape index (κ3) is 3.14. The first-order chi connectivity index (χ1) is 11.7. The minimum absolute atomic E-state index is 0.0504. The van der Waals surface area contributed by atoms with Crippen molar-refractivity contribution in [3.05, 3.63) is 57.3 Å². The third-order valence-corrected chi connectivity index (χ3v) is 5.27. The van der Waals surface area contributed by atoms with Crippen molar-refractivity contribution in [1.82, 2.24) is 14.5 Å². The van der Waals surface area contributed by atoms with Gasteiger partial charge in [0, 0.05) is 29.2 Å². The van der Waals surface area contributed by atoms with Gasteiger partial charge in [-0.1, -0.05) is 6.07 Å². The monoisotopic (exact) mass is 341 g/mol. The van der Waals surface area contributed by atoms with Gasteiger partial charge in [0.05, 0.1) is 6.54 Å². The van der Waals surface area contributed by atoms with Crippen LogP contribution in [0.3, 0.4) is 0 Å². The standard InChI is InChI=1S/C18H19N3O2S/c22-16(19-10-15-2-1-9-24-15)12-21-8-6-14-5-7-20(11-13-3-4-13)17(14)18(21)23/h1-2,5-9,13H,3-4,10-12H2,(H,19,22). The molecule has 0 aromatic carbocycles. The smallest absolute Gasteiger partial charge is 0.275 e. The molecule has 1 N–H and O–H groups in total. The Hall–Kier alpha value is -2.34. The summed E-state index contributed by atoms with van der Waals surface area (Å²) in [4.78, 5) is 26.0. The van der Waals surface area contributed by atoms with Gasteiger partial charge in [-0.15, -0.1) is 11.3 Å². The van der Waals surface area contributed by atoms with Crippen molar-refractivity contribution in [2.45, 2.75) is 32.5 Å². The minimum atomic E-state index is -0.148. The number of nitrogens with one attached hydrogen (secondary N) is 1. The van der Waals surface area contributed by atoms with Crippen LogP contribution < -0.4 is 10.9 Å². The molecule has 0 aliphatic heterocycles. The molecule has 0 spiro atoms. The van der Waals surface area contributed by atoms with Crippen LogP contribution in [0.4, 0.5) is 0 Å². The summed E-state index contributed by atoms with van der Waals surface area (Å²) in [6.07, 6.45) is 6.17. The predicted octanol–water partition coefficient (Wildman–Crippen LogP) is 2.59. The lowest BCUT2D eigenvalue weighted by Gasteiger charge is -2.09. The number of carbonyl (C=O) groups excluding carboxylic acids is 1. The molecular formula is C18H19N3O2S. The quantitative estimate of drug-likeness (QED) is 0.749. The molecular weight excluding hydrogens is 322 g/mol. The van der Waals surface area contributed by atoms with Gasteiger partial charge in [0.15, 0.2) is 0 Å². The molecule has 1 saturated carbocycles. The van der Waals surface area contributed by atoms with E-state index in [4.69, 9.17) is 0 Å². The second kappa shape index (κ2) is 6.28. The Morgan fingerprint density at radius 1 is 1.21 bits per heavy atom. The summed E-state index contributed by atoms with van der Waals surface area (Å²) in [6, 6.07) is 7.82. The maximum atomic E-state index is 12.7. The van der Waals surface area contributed by atoms with Crippen LogP contribution in [0.15, 0.2) is 46.8 Å². The maximum absolute atomic E-state index is 12.7. The molecule has 1 aliphatic rings. The molecule has 0 bridgehead atoms. The van der Waals surface area contributed by atoms with Gasteiger partial charge in [0.1, 0.15) is 12.1 Å². The van der Waals surface area contributed by atoms with E-state index >= 15 is 0 Å². The van der Waals surface area contributed by atoms with Crippen LogP contribution in [-0.2, 0) is 24.4 Å². The van der Waals surface area contributed by atoms with Gasteiger partial charge in [0.25, 0.3) is 5.56 Å². The number of nitrogens with zero attached hydrogens (tertiary/aromatic N) is 2. The number of amides is 1. The summed E-state index contributed by atoms with van der Waals surface area (Å²) < 4.78 is 3.53. The molecule has 1 amide bonds. The molecule has 6 heteroatoms. The number of hydrogen-bond donors (Lipinski definition) is 1. The van der Waals surface area contributed by atoms with E-state index in [9.17, 15) is 9.59 Å². The summed E-state index contributed by atoms with van der Waals surface area (Å²) in [7, 11) is 0. The first-order valence-electron chi connectivity index (χ1n) is 8.18. The van der Waals surface area contributed by atoms with Crippen LogP contribution in [-0.4, -0.2) is 15.0 Å². The Labute approximate surface area is 143 Å². The van der Waals surface area contributed by atoms with Crippen molar-refractivity contribution in [2.75, 3.05) is 0 Å². The summed E-state index contributed by atoms with van der Waals surface area (Å²) >= 11 is 1.60. The molecule has 0 saturated heterocycles. The van der Waals surface area contributed by atoms with Gasteiger partial charge in [-0.2, -0.15) is 0 Å². The normalized spacial score (nSPS) is 14.2. The van der Waals surface area contributed by atoms with Crippen LogP contribution in [0.2, 0.25) is 0 Å². The molecule has 1 aliphatic carbocycles. The highest BCUT2D eigenvalue weighted by Crippen LogP contribution is 2.31. The van der Waals surface area contributed by atoms with Gasteiger partial charge >= 0.3 is 0 Å². The van der Waals surface area contributed by atoms with Crippen LogP contribution in [0.1, 0.15) is 17.7 Å². The fourth-order valence-electron chi connectivity index (χ4n) is 2.91. The summed E-state index contributed by atoms with van der Waals surface area (Å²) in [6.45, 7) is 1.45. The summed E-state index contributed by atoms with van der Waals surface area (Å²) in [5, 5.41) is 5.79. The van der Waals surface area contributed by atoms with Crippen molar-refractivity contribution >= 4 is 28.1 Å². The maximum Gasteiger partial charge on any atom is 0.275 e. The lowest BCUT2D eigenvalue weighted by molar-refractivity contribution is -0.121. The first-order valence-corrected chi connectivity index (χ1v) is 9.06. The van der Waals surface area contributed by atoms with E-state index in [1.807, 2.05) is 40.4 Å². The van der Waals surface area contributed by atoms with Gasteiger partial charge < -0.3 is 14.5 Å².